The van der Waals surface area contributed by atoms with Crippen molar-refractivity contribution in [3.05, 3.63) is 42.2 Å². The van der Waals surface area contributed by atoms with Gasteiger partial charge in [0.25, 0.3) is 0 Å². The van der Waals surface area contributed by atoms with E-state index in [9.17, 15) is 14.0 Å². The Morgan fingerprint density at radius 2 is 1.81 bits per heavy atom. The van der Waals surface area contributed by atoms with Gasteiger partial charge in [-0.15, -0.1) is 0 Å². The van der Waals surface area contributed by atoms with Crippen LogP contribution in [0.5, 0.6) is 5.75 Å². The molecule has 2 amide bonds. The maximum atomic E-state index is 13.0. The van der Waals surface area contributed by atoms with E-state index in [4.69, 9.17) is 4.74 Å². The summed E-state index contributed by atoms with van der Waals surface area (Å²) in [5.41, 5.74) is 0. The van der Waals surface area contributed by atoms with E-state index in [2.05, 4.69) is 27.8 Å². The minimum absolute atomic E-state index is 0.00388. The molecular formula is C24H31FN4O3. The van der Waals surface area contributed by atoms with Crippen molar-refractivity contribution in [3.63, 3.8) is 0 Å². The van der Waals surface area contributed by atoms with Gasteiger partial charge in [-0.1, -0.05) is 12.2 Å². The van der Waals surface area contributed by atoms with Crippen LogP contribution in [-0.2, 0) is 9.59 Å². The van der Waals surface area contributed by atoms with E-state index >= 15 is 0 Å². The van der Waals surface area contributed by atoms with E-state index < -0.39 is 0 Å². The molecule has 2 aliphatic carbocycles. The van der Waals surface area contributed by atoms with E-state index in [-0.39, 0.29) is 47.4 Å². The number of nitrogens with zero attached hydrogens (tertiary/aromatic N) is 2. The molecule has 2 bridgehead atoms. The first-order valence-corrected chi connectivity index (χ1v) is 11.5. The first kappa shape index (κ1) is 22.3. The summed E-state index contributed by atoms with van der Waals surface area (Å²) in [7, 11) is 0. The van der Waals surface area contributed by atoms with Crippen molar-refractivity contribution in [3.8, 4) is 5.75 Å². The predicted molar refractivity (Wildman–Crippen MR) is 120 cm³/mol. The lowest BCUT2D eigenvalue weighted by molar-refractivity contribution is -0.140. The number of ether oxygens (including phenoxy) is 1. The lowest BCUT2D eigenvalue weighted by atomic mass is 9.85. The smallest absolute Gasteiger partial charge is 0.233 e. The Kier molecular flexibility index (Phi) is 6.77. The molecule has 172 valence electrons. The second-order valence-electron chi connectivity index (χ2n) is 8.71. The summed E-state index contributed by atoms with van der Waals surface area (Å²) in [6.07, 6.45) is 5.66. The highest BCUT2D eigenvalue weighted by Gasteiger charge is 2.58. The molecular weight excluding hydrogens is 411 g/mol. The molecule has 1 saturated carbocycles. The summed E-state index contributed by atoms with van der Waals surface area (Å²) in [5.74, 6) is 1.19. The summed E-state index contributed by atoms with van der Waals surface area (Å²) in [4.78, 5) is 31.5. The van der Waals surface area contributed by atoms with Crippen LogP contribution in [0, 0.1) is 29.5 Å². The van der Waals surface area contributed by atoms with E-state index in [0.29, 0.717) is 44.3 Å². The molecule has 2 fully saturated rings. The van der Waals surface area contributed by atoms with E-state index in [1.54, 1.807) is 12.1 Å². The fourth-order valence-electron chi connectivity index (χ4n) is 4.97. The average molecular weight is 443 g/mol. The molecule has 0 aromatic heterocycles. The Hall–Kier alpha value is -2.90. The summed E-state index contributed by atoms with van der Waals surface area (Å²) < 4.78 is 18.8. The SMILES string of the molecule is CCNC(=NCC(C)Oc1ccc(F)cc1)NCCCN1C(=O)C2C3C=CC(C3)C2C1=O. The molecule has 7 nitrogen and oxygen atoms in total. The fraction of sp³-hybridized carbons (Fsp3) is 0.542. The number of hydrogen-bond acceptors (Lipinski definition) is 4. The molecule has 1 saturated heterocycles. The Morgan fingerprint density at radius 3 is 2.44 bits per heavy atom. The first-order valence-electron chi connectivity index (χ1n) is 11.5. The number of guanidine groups is 1. The fourth-order valence-corrected chi connectivity index (χ4v) is 4.97. The molecule has 0 radical (unpaired) electrons. The minimum atomic E-state index is -0.300. The highest BCUT2D eigenvalue weighted by Crippen LogP contribution is 2.52. The van der Waals surface area contributed by atoms with Crippen molar-refractivity contribution in [1.29, 1.82) is 0 Å². The number of aliphatic imine (C=N–C) groups is 1. The van der Waals surface area contributed by atoms with Gasteiger partial charge in [-0.3, -0.25) is 14.5 Å². The number of fused-ring (bicyclic) bond motifs is 5. The van der Waals surface area contributed by atoms with Gasteiger partial charge in [0, 0.05) is 19.6 Å². The van der Waals surface area contributed by atoms with Crippen molar-refractivity contribution in [2.24, 2.45) is 28.7 Å². The Morgan fingerprint density at radius 1 is 1.16 bits per heavy atom. The summed E-state index contributed by atoms with van der Waals surface area (Å²) >= 11 is 0. The normalized spacial score (nSPS) is 27.1. The van der Waals surface area contributed by atoms with Gasteiger partial charge in [0.1, 0.15) is 17.7 Å². The van der Waals surface area contributed by atoms with Crippen molar-refractivity contribution < 1.29 is 18.7 Å². The van der Waals surface area contributed by atoms with Crippen LogP contribution in [0.3, 0.4) is 0 Å². The van der Waals surface area contributed by atoms with Crippen LogP contribution in [0.4, 0.5) is 4.39 Å². The van der Waals surface area contributed by atoms with Gasteiger partial charge in [-0.2, -0.15) is 0 Å². The zero-order chi connectivity index (χ0) is 22.7. The molecule has 8 heteroatoms. The quantitative estimate of drug-likeness (QED) is 0.202. The summed E-state index contributed by atoms with van der Waals surface area (Å²) in [6, 6.07) is 5.91. The monoisotopic (exact) mass is 442 g/mol. The van der Waals surface area contributed by atoms with Gasteiger partial charge in [0.05, 0.1) is 18.4 Å². The Bertz CT molecular complexity index is 871. The Balaban J connectivity index is 1.22. The highest BCUT2D eigenvalue weighted by molar-refractivity contribution is 6.06. The number of benzene rings is 1. The van der Waals surface area contributed by atoms with Gasteiger partial charge >= 0.3 is 0 Å². The lowest BCUT2D eigenvalue weighted by Gasteiger charge is -2.18. The number of nitrogens with one attached hydrogen (secondary N) is 2. The maximum Gasteiger partial charge on any atom is 0.233 e. The third kappa shape index (κ3) is 4.64. The zero-order valence-corrected chi connectivity index (χ0v) is 18.6. The topological polar surface area (TPSA) is 83.0 Å². The van der Waals surface area contributed by atoms with Crippen LogP contribution < -0.4 is 15.4 Å². The van der Waals surface area contributed by atoms with Crippen LogP contribution >= 0.6 is 0 Å². The largest absolute Gasteiger partial charge is 0.489 e. The number of carbonyl (C=O) groups is 2. The van der Waals surface area contributed by atoms with Gasteiger partial charge in [-0.25, -0.2) is 9.38 Å². The number of likely N-dealkylation sites (tertiary alicyclic amines) is 1. The van der Waals surface area contributed by atoms with Crippen LogP contribution in [-0.4, -0.2) is 55.0 Å². The number of allylic oxidation sites excluding steroid dienone is 2. The molecule has 0 spiro atoms. The molecule has 1 aromatic carbocycles. The van der Waals surface area contributed by atoms with Crippen molar-refractivity contribution >= 4 is 17.8 Å². The molecule has 5 unspecified atom stereocenters. The van der Waals surface area contributed by atoms with Gasteiger partial charge in [0.15, 0.2) is 5.96 Å². The first-order chi connectivity index (χ1) is 15.5. The van der Waals surface area contributed by atoms with E-state index in [0.717, 1.165) is 6.42 Å². The van der Waals surface area contributed by atoms with Gasteiger partial charge < -0.3 is 15.4 Å². The molecule has 32 heavy (non-hydrogen) atoms. The summed E-state index contributed by atoms with van der Waals surface area (Å²) in [5, 5.41) is 6.44. The molecule has 1 aromatic rings. The second kappa shape index (κ2) is 9.71. The highest BCUT2D eigenvalue weighted by atomic mass is 19.1. The summed E-state index contributed by atoms with van der Waals surface area (Å²) in [6.45, 7) is 6.05. The van der Waals surface area contributed by atoms with Gasteiger partial charge in [-0.05, 0) is 62.8 Å². The van der Waals surface area contributed by atoms with Crippen LogP contribution in [0.2, 0.25) is 0 Å². The van der Waals surface area contributed by atoms with Crippen LogP contribution in [0.15, 0.2) is 41.4 Å². The molecule has 1 aliphatic heterocycles. The van der Waals surface area contributed by atoms with Crippen molar-refractivity contribution in [1.82, 2.24) is 15.5 Å². The number of amides is 2. The number of rotatable bonds is 9. The lowest BCUT2D eigenvalue weighted by Crippen LogP contribution is -2.40. The molecule has 3 aliphatic rings. The number of carbonyl (C=O) groups excluding carboxylic acids is 2. The van der Waals surface area contributed by atoms with Crippen molar-refractivity contribution in [2.75, 3.05) is 26.2 Å². The van der Waals surface area contributed by atoms with Crippen LogP contribution in [0.1, 0.15) is 26.7 Å². The standard InChI is InChI=1S/C24H31FN4O3/c1-3-26-24(28-14-15(2)32-19-9-7-18(25)8-10-19)27-11-4-12-29-22(30)20-16-5-6-17(13-16)21(20)23(29)31/h5-10,15-17,20-21H,3-4,11-14H2,1-2H3,(H2,26,27,28). The van der Waals surface area contributed by atoms with Gasteiger partial charge in [0.2, 0.25) is 11.8 Å². The minimum Gasteiger partial charge on any atom is -0.489 e. The predicted octanol–water partition coefficient (Wildman–Crippen LogP) is 2.35. The third-order valence-electron chi connectivity index (χ3n) is 6.41. The maximum absolute atomic E-state index is 13.0. The van der Waals surface area contributed by atoms with Crippen LogP contribution in [0.25, 0.3) is 0 Å². The van der Waals surface area contributed by atoms with E-state index in [1.807, 2.05) is 13.8 Å². The third-order valence-corrected chi connectivity index (χ3v) is 6.41. The molecule has 2 N–H and O–H groups in total. The zero-order valence-electron chi connectivity index (χ0n) is 18.6. The molecule has 1 heterocycles. The number of hydrogen-bond donors (Lipinski definition) is 2. The second-order valence-corrected chi connectivity index (χ2v) is 8.71. The Labute approximate surface area is 188 Å². The number of imide groups is 1. The molecule has 4 rings (SSSR count). The number of halogens is 1. The molecule has 5 atom stereocenters. The van der Waals surface area contributed by atoms with E-state index in [1.165, 1.54) is 17.0 Å². The average Bonchev–Trinajstić information content (AvgIpc) is 3.46. The van der Waals surface area contributed by atoms with Crippen molar-refractivity contribution in [2.45, 2.75) is 32.8 Å².